The lowest BCUT2D eigenvalue weighted by Crippen LogP contribution is -2.17. The van der Waals surface area contributed by atoms with E-state index in [4.69, 9.17) is 9.47 Å². The van der Waals surface area contributed by atoms with Gasteiger partial charge in [0.05, 0.1) is 19.6 Å². The predicted octanol–water partition coefficient (Wildman–Crippen LogP) is 0.895. The SMILES string of the molecule is C=CCC(=O)OC1CCOC1. The Morgan fingerprint density at radius 2 is 2.64 bits per heavy atom. The molecule has 0 bridgehead atoms. The summed E-state index contributed by atoms with van der Waals surface area (Å²) < 4.78 is 10.0. The first-order chi connectivity index (χ1) is 5.33. The normalized spacial score (nSPS) is 23.1. The smallest absolute Gasteiger partial charge is 0.309 e. The summed E-state index contributed by atoms with van der Waals surface area (Å²) in [6.45, 7) is 4.69. The molecule has 1 fully saturated rings. The van der Waals surface area contributed by atoms with E-state index in [-0.39, 0.29) is 18.5 Å². The van der Waals surface area contributed by atoms with Crippen molar-refractivity contribution in [2.75, 3.05) is 13.2 Å². The maximum absolute atomic E-state index is 10.9. The fourth-order valence-electron chi connectivity index (χ4n) is 0.958. The molecule has 0 aromatic heterocycles. The zero-order valence-corrected chi connectivity index (χ0v) is 6.41. The van der Waals surface area contributed by atoms with Crippen LogP contribution in [0.3, 0.4) is 0 Å². The van der Waals surface area contributed by atoms with Gasteiger partial charge in [-0.1, -0.05) is 6.08 Å². The monoisotopic (exact) mass is 156 g/mol. The highest BCUT2D eigenvalue weighted by Gasteiger charge is 2.18. The highest BCUT2D eigenvalue weighted by atomic mass is 16.6. The predicted molar refractivity (Wildman–Crippen MR) is 40.1 cm³/mol. The first kappa shape index (κ1) is 8.27. The molecule has 11 heavy (non-hydrogen) atoms. The first-order valence-electron chi connectivity index (χ1n) is 3.71. The van der Waals surface area contributed by atoms with Crippen LogP contribution in [-0.4, -0.2) is 25.3 Å². The molecular weight excluding hydrogens is 144 g/mol. The Hall–Kier alpha value is -0.830. The van der Waals surface area contributed by atoms with Gasteiger partial charge in [-0.05, 0) is 0 Å². The van der Waals surface area contributed by atoms with Crippen LogP contribution in [0, 0.1) is 0 Å². The van der Waals surface area contributed by atoms with Gasteiger partial charge in [-0.25, -0.2) is 0 Å². The minimum atomic E-state index is -0.212. The molecule has 0 aromatic carbocycles. The van der Waals surface area contributed by atoms with Crippen molar-refractivity contribution in [2.24, 2.45) is 0 Å². The average molecular weight is 156 g/mol. The number of ether oxygens (including phenoxy) is 2. The maximum Gasteiger partial charge on any atom is 0.309 e. The summed E-state index contributed by atoms with van der Waals surface area (Å²) in [6.07, 6.45) is 2.62. The fourth-order valence-corrected chi connectivity index (χ4v) is 0.958. The van der Waals surface area contributed by atoms with E-state index in [0.717, 1.165) is 6.42 Å². The number of hydrogen-bond donors (Lipinski definition) is 0. The van der Waals surface area contributed by atoms with E-state index < -0.39 is 0 Å². The molecule has 1 aliphatic heterocycles. The van der Waals surface area contributed by atoms with Crippen LogP contribution in [-0.2, 0) is 14.3 Å². The van der Waals surface area contributed by atoms with Gasteiger partial charge in [0.1, 0.15) is 6.10 Å². The second-order valence-electron chi connectivity index (χ2n) is 2.47. The first-order valence-corrected chi connectivity index (χ1v) is 3.71. The molecule has 1 rings (SSSR count). The molecule has 1 aliphatic rings. The average Bonchev–Trinajstić information content (AvgIpc) is 2.40. The van der Waals surface area contributed by atoms with Crippen LogP contribution in [0.1, 0.15) is 12.8 Å². The number of carbonyl (C=O) groups excluding carboxylic acids is 1. The van der Waals surface area contributed by atoms with Crippen LogP contribution in [0.15, 0.2) is 12.7 Å². The van der Waals surface area contributed by atoms with Crippen LogP contribution in [0.25, 0.3) is 0 Å². The third-order valence-corrected chi connectivity index (χ3v) is 1.50. The highest BCUT2D eigenvalue weighted by molar-refractivity contribution is 5.71. The summed E-state index contributed by atoms with van der Waals surface area (Å²) in [5.74, 6) is -0.212. The van der Waals surface area contributed by atoms with Crippen molar-refractivity contribution in [1.82, 2.24) is 0 Å². The Labute approximate surface area is 66.0 Å². The van der Waals surface area contributed by atoms with Crippen molar-refractivity contribution in [3.63, 3.8) is 0 Å². The standard InChI is InChI=1S/C8H12O3/c1-2-3-8(9)11-7-4-5-10-6-7/h2,7H,1,3-6H2. The number of carbonyl (C=O) groups is 1. The lowest BCUT2D eigenvalue weighted by atomic mass is 10.3. The van der Waals surface area contributed by atoms with Gasteiger partial charge >= 0.3 is 5.97 Å². The highest BCUT2D eigenvalue weighted by Crippen LogP contribution is 2.08. The lowest BCUT2D eigenvalue weighted by Gasteiger charge is -2.07. The van der Waals surface area contributed by atoms with E-state index in [9.17, 15) is 4.79 Å². The van der Waals surface area contributed by atoms with Crippen LogP contribution < -0.4 is 0 Å². The van der Waals surface area contributed by atoms with Gasteiger partial charge in [0.2, 0.25) is 0 Å². The van der Waals surface area contributed by atoms with E-state index in [2.05, 4.69) is 6.58 Å². The van der Waals surface area contributed by atoms with E-state index >= 15 is 0 Å². The molecule has 0 saturated carbocycles. The second-order valence-corrected chi connectivity index (χ2v) is 2.47. The minimum absolute atomic E-state index is 0.0255. The van der Waals surface area contributed by atoms with Crippen molar-refractivity contribution in [3.05, 3.63) is 12.7 Å². The lowest BCUT2D eigenvalue weighted by molar-refractivity contribution is -0.147. The Kier molecular flexibility index (Phi) is 3.11. The minimum Gasteiger partial charge on any atom is -0.460 e. The van der Waals surface area contributed by atoms with E-state index in [1.165, 1.54) is 6.08 Å². The quantitative estimate of drug-likeness (QED) is 0.449. The summed E-state index contributed by atoms with van der Waals surface area (Å²) in [5, 5.41) is 0. The molecule has 0 spiro atoms. The number of esters is 1. The second kappa shape index (κ2) is 4.13. The van der Waals surface area contributed by atoms with Crippen molar-refractivity contribution < 1.29 is 14.3 Å². The zero-order valence-electron chi connectivity index (χ0n) is 6.41. The molecule has 0 amide bonds. The molecule has 0 N–H and O–H groups in total. The summed E-state index contributed by atoms with van der Waals surface area (Å²) in [4.78, 5) is 10.9. The van der Waals surface area contributed by atoms with Crippen LogP contribution in [0.2, 0.25) is 0 Å². The van der Waals surface area contributed by atoms with E-state index in [1.54, 1.807) is 0 Å². The third-order valence-electron chi connectivity index (χ3n) is 1.50. The molecular formula is C8H12O3. The molecule has 1 atom stereocenters. The van der Waals surface area contributed by atoms with Gasteiger partial charge in [0, 0.05) is 6.42 Å². The molecule has 1 unspecified atom stereocenters. The molecule has 0 radical (unpaired) electrons. The summed E-state index contributed by atoms with van der Waals surface area (Å²) >= 11 is 0. The Bertz CT molecular complexity index is 147. The topological polar surface area (TPSA) is 35.5 Å². The number of rotatable bonds is 3. The van der Waals surface area contributed by atoms with Gasteiger partial charge in [0.15, 0.2) is 0 Å². The molecule has 1 saturated heterocycles. The molecule has 0 aromatic rings. The summed E-state index contributed by atoms with van der Waals surface area (Å²) in [5.41, 5.74) is 0. The van der Waals surface area contributed by atoms with E-state index in [1.807, 2.05) is 0 Å². The Balaban J connectivity index is 2.18. The van der Waals surface area contributed by atoms with Gasteiger partial charge in [-0.3, -0.25) is 4.79 Å². The van der Waals surface area contributed by atoms with Gasteiger partial charge in [-0.15, -0.1) is 6.58 Å². The van der Waals surface area contributed by atoms with Crippen molar-refractivity contribution in [2.45, 2.75) is 18.9 Å². The summed E-state index contributed by atoms with van der Waals surface area (Å²) in [7, 11) is 0. The van der Waals surface area contributed by atoms with Crippen LogP contribution >= 0.6 is 0 Å². The van der Waals surface area contributed by atoms with E-state index in [0.29, 0.717) is 13.2 Å². The zero-order chi connectivity index (χ0) is 8.10. The van der Waals surface area contributed by atoms with Crippen LogP contribution in [0.5, 0.6) is 0 Å². The van der Waals surface area contributed by atoms with Crippen molar-refractivity contribution in [3.8, 4) is 0 Å². The largest absolute Gasteiger partial charge is 0.460 e. The molecule has 3 heteroatoms. The molecule has 3 nitrogen and oxygen atoms in total. The van der Waals surface area contributed by atoms with Gasteiger partial charge in [-0.2, -0.15) is 0 Å². The molecule has 0 aliphatic carbocycles. The van der Waals surface area contributed by atoms with Gasteiger partial charge < -0.3 is 9.47 Å². The van der Waals surface area contributed by atoms with Crippen LogP contribution in [0.4, 0.5) is 0 Å². The third kappa shape index (κ3) is 2.72. The van der Waals surface area contributed by atoms with Gasteiger partial charge in [0.25, 0.3) is 0 Å². The van der Waals surface area contributed by atoms with Crippen molar-refractivity contribution >= 4 is 5.97 Å². The summed E-state index contributed by atoms with van der Waals surface area (Å²) in [6, 6.07) is 0. The fraction of sp³-hybridized carbons (Fsp3) is 0.625. The Morgan fingerprint density at radius 1 is 1.82 bits per heavy atom. The Morgan fingerprint density at radius 3 is 3.18 bits per heavy atom. The van der Waals surface area contributed by atoms with Crippen molar-refractivity contribution in [1.29, 1.82) is 0 Å². The maximum atomic E-state index is 10.9. The molecule has 62 valence electrons. The number of hydrogen-bond acceptors (Lipinski definition) is 3. The molecule has 1 heterocycles.